The third kappa shape index (κ3) is 5.52. The lowest BCUT2D eigenvalue weighted by atomic mass is 10.2. The number of hydrogen-bond donors (Lipinski definition) is 0. The van der Waals surface area contributed by atoms with Crippen LogP contribution >= 0.6 is 11.8 Å². The molecule has 1 heterocycles. The minimum absolute atomic E-state index is 0.202. The number of ether oxygens (including phenoxy) is 3. The zero-order valence-electron chi connectivity index (χ0n) is 18.8. The molecule has 0 radical (unpaired) electrons. The van der Waals surface area contributed by atoms with Crippen molar-refractivity contribution >= 4 is 35.2 Å². The highest BCUT2D eigenvalue weighted by Gasteiger charge is 2.22. The molecular weight excluding hydrogens is 434 g/mol. The van der Waals surface area contributed by atoms with Crippen molar-refractivity contribution in [2.45, 2.75) is 23.6 Å². The zero-order valence-corrected chi connectivity index (χ0v) is 19.6. The molecule has 0 atom stereocenters. The van der Waals surface area contributed by atoms with Crippen LogP contribution in [0.4, 0.5) is 11.4 Å². The molecule has 1 aliphatic rings. The molecule has 6 heteroatoms. The minimum Gasteiger partial charge on any atom is -0.492 e. The molecule has 4 rings (SSSR count). The van der Waals surface area contributed by atoms with E-state index in [0.717, 1.165) is 17.9 Å². The molecule has 0 aliphatic carbocycles. The van der Waals surface area contributed by atoms with Gasteiger partial charge < -0.3 is 19.1 Å². The number of fused-ring (bicyclic) bond motifs is 2. The summed E-state index contributed by atoms with van der Waals surface area (Å²) in [6.45, 7) is 5.58. The zero-order chi connectivity index (χ0) is 23.0. The van der Waals surface area contributed by atoms with E-state index in [2.05, 4.69) is 53.4 Å². The molecule has 5 nitrogen and oxygen atoms in total. The van der Waals surface area contributed by atoms with Crippen LogP contribution in [0.15, 0.2) is 88.3 Å². The van der Waals surface area contributed by atoms with Gasteiger partial charge >= 0.3 is 5.97 Å². The van der Waals surface area contributed by atoms with E-state index in [1.807, 2.05) is 31.2 Å². The number of rotatable bonds is 9. The molecular formula is C27H27NO4S. The summed E-state index contributed by atoms with van der Waals surface area (Å²) in [6.07, 6.45) is 1.69. The maximum Gasteiger partial charge on any atom is 0.373 e. The Morgan fingerprint density at radius 3 is 2.06 bits per heavy atom. The van der Waals surface area contributed by atoms with E-state index in [9.17, 15) is 4.79 Å². The lowest BCUT2D eigenvalue weighted by molar-refractivity contribution is -0.142. The monoisotopic (exact) mass is 461 g/mol. The summed E-state index contributed by atoms with van der Waals surface area (Å²) < 4.78 is 16.5. The average molecular weight is 462 g/mol. The molecule has 3 aromatic rings. The molecule has 0 saturated carbocycles. The van der Waals surface area contributed by atoms with Crippen LogP contribution in [0.3, 0.4) is 0 Å². The van der Waals surface area contributed by atoms with Gasteiger partial charge in [-0.3, -0.25) is 0 Å². The highest BCUT2D eigenvalue weighted by molar-refractivity contribution is 7.99. The van der Waals surface area contributed by atoms with Gasteiger partial charge in [0.25, 0.3) is 0 Å². The molecule has 0 N–H and O–H groups in total. The maximum atomic E-state index is 12.0. The van der Waals surface area contributed by atoms with Crippen LogP contribution in [0.1, 0.15) is 19.4 Å². The van der Waals surface area contributed by atoms with E-state index < -0.39 is 5.97 Å². The number of anilines is 2. The topological polar surface area (TPSA) is 48.0 Å². The highest BCUT2D eigenvalue weighted by Crippen LogP contribution is 2.47. The first-order valence-electron chi connectivity index (χ1n) is 11.1. The second kappa shape index (κ2) is 11.0. The van der Waals surface area contributed by atoms with E-state index in [1.54, 1.807) is 24.8 Å². The van der Waals surface area contributed by atoms with Crippen molar-refractivity contribution in [2.24, 2.45) is 0 Å². The summed E-state index contributed by atoms with van der Waals surface area (Å²) in [7, 11) is 0. The standard InChI is InChI=1S/C27H27NO4S/c1-3-30-24(27(29)31-4-2)19-20-13-15-21(16-14-20)32-18-17-28-22-9-5-7-11-25(22)33-26-12-8-6-10-23(26)28/h5-16,19H,3-4,17-18H2,1-2H3/b24-19-. The normalized spacial score (nSPS) is 12.5. The largest absolute Gasteiger partial charge is 0.492 e. The first-order chi connectivity index (χ1) is 16.2. The summed E-state index contributed by atoms with van der Waals surface area (Å²) >= 11 is 1.80. The molecule has 3 aromatic carbocycles. The SMILES string of the molecule is CCOC(=O)/C(=C/c1ccc(OCCN2c3ccccc3Sc3ccccc32)cc1)OCC. The number of benzene rings is 3. The molecule has 0 unspecified atom stereocenters. The third-order valence-corrected chi connectivity index (χ3v) is 6.20. The van der Waals surface area contributed by atoms with Crippen LogP contribution in [-0.2, 0) is 14.3 Å². The molecule has 0 fully saturated rings. The first-order valence-corrected chi connectivity index (χ1v) is 11.9. The summed E-state index contributed by atoms with van der Waals surface area (Å²) in [5.41, 5.74) is 3.25. The van der Waals surface area contributed by atoms with Crippen molar-refractivity contribution in [3.63, 3.8) is 0 Å². The number of hydrogen-bond acceptors (Lipinski definition) is 6. The molecule has 1 aliphatic heterocycles. The summed E-state index contributed by atoms with van der Waals surface area (Å²) in [5.74, 6) is 0.516. The number of carbonyl (C=O) groups is 1. The summed E-state index contributed by atoms with van der Waals surface area (Å²) in [4.78, 5) is 16.8. The van der Waals surface area contributed by atoms with Crippen molar-refractivity contribution < 1.29 is 19.0 Å². The van der Waals surface area contributed by atoms with Crippen LogP contribution in [0.25, 0.3) is 6.08 Å². The Bertz CT molecular complexity index is 1080. The molecule has 0 amide bonds. The van der Waals surface area contributed by atoms with E-state index in [1.165, 1.54) is 21.2 Å². The predicted molar refractivity (Wildman–Crippen MR) is 132 cm³/mol. The van der Waals surface area contributed by atoms with E-state index in [0.29, 0.717) is 19.8 Å². The third-order valence-electron chi connectivity index (χ3n) is 5.07. The Labute approximate surface area is 199 Å². The van der Waals surface area contributed by atoms with Crippen molar-refractivity contribution in [3.05, 3.63) is 84.1 Å². The van der Waals surface area contributed by atoms with Gasteiger partial charge in [0, 0.05) is 9.79 Å². The molecule has 170 valence electrons. The number of para-hydroxylation sites is 2. The van der Waals surface area contributed by atoms with E-state index >= 15 is 0 Å². The van der Waals surface area contributed by atoms with E-state index in [-0.39, 0.29) is 5.76 Å². The summed E-state index contributed by atoms with van der Waals surface area (Å²) in [5, 5.41) is 0. The van der Waals surface area contributed by atoms with Gasteiger partial charge in [0.15, 0.2) is 0 Å². The van der Waals surface area contributed by atoms with Crippen molar-refractivity contribution in [2.75, 3.05) is 31.3 Å². The number of carbonyl (C=O) groups excluding carboxylic acids is 1. The Morgan fingerprint density at radius 2 is 1.45 bits per heavy atom. The Balaban J connectivity index is 1.42. The molecule has 0 spiro atoms. The van der Waals surface area contributed by atoms with Crippen LogP contribution in [-0.4, -0.2) is 32.3 Å². The van der Waals surface area contributed by atoms with Gasteiger partial charge in [-0.15, -0.1) is 0 Å². The fourth-order valence-corrected chi connectivity index (χ4v) is 4.70. The van der Waals surface area contributed by atoms with Crippen molar-refractivity contribution in [1.29, 1.82) is 0 Å². The second-order valence-corrected chi connectivity index (χ2v) is 8.35. The van der Waals surface area contributed by atoms with Crippen LogP contribution in [0.5, 0.6) is 5.75 Å². The fourth-order valence-electron chi connectivity index (χ4n) is 3.61. The highest BCUT2D eigenvalue weighted by atomic mass is 32.2. The van der Waals surface area contributed by atoms with Gasteiger partial charge in [0.1, 0.15) is 12.4 Å². The molecule has 0 bridgehead atoms. The lowest BCUT2D eigenvalue weighted by Gasteiger charge is -2.32. The van der Waals surface area contributed by atoms with Gasteiger partial charge in [-0.1, -0.05) is 48.2 Å². The number of nitrogens with zero attached hydrogens (tertiary/aromatic N) is 1. The lowest BCUT2D eigenvalue weighted by Crippen LogP contribution is -2.26. The molecule has 0 saturated heterocycles. The van der Waals surface area contributed by atoms with Gasteiger partial charge in [-0.25, -0.2) is 4.79 Å². The molecule has 33 heavy (non-hydrogen) atoms. The van der Waals surface area contributed by atoms with Gasteiger partial charge in [0.05, 0.1) is 31.1 Å². The maximum absolute atomic E-state index is 12.0. The van der Waals surface area contributed by atoms with Gasteiger partial charge in [0.2, 0.25) is 5.76 Å². The Morgan fingerprint density at radius 1 is 0.848 bits per heavy atom. The smallest absolute Gasteiger partial charge is 0.373 e. The van der Waals surface area contributed by atoms with Crippen molar-refractivity contribution in [3.8, 4) is 5.75 Å². The molecule has 0 aromatic heterocycles. The quantitative estimate of drug-likeness (QED) is 0.211. The van der Waals surface area contributed by atoms with Crippen LogP contribution in [0.2, 0.25) is 0 Å². The van der Waals surface area contributed by atoms with Gasteiger partial charge in [-0.05, 0) is 61.9 Å². The van der Waals surface area contributed by atoms with Gasteiger partial charge in [-0.2, -0.15) is 0 Å². The van der Waals surface area contributed by atoms with Crippen LogP contribution in [0, 0.1) is 0 Å². The van der Waals surface area contributed by atoms with Crippen molar-refractivity contribution in [1.82, 2.24) is 0 Å². The Kier molecular flexibility index (Phi) is 7.58. The second-order valence-electron chi connectivity index (χ2n) is 7.27. The number of esters is 1. The predicted octanol–water partition coefficient (Wildman–Crippen LogP) is 6.31. The Hall–Kier alpha value is -3.38. The van der Waals surface area contributed by atoms with E-state index in [4.69, 9.17) is 14.2 Å². The summed E-state index contributed by atoms with van der Waals surface area (Å²) in [6, 6.07) is 24.5. The minimum atomic E-state index is -0.458. The average Bonchev–Trinajstić information content (AvgIpc) is 2.84. The fraction of sp³-hybridized carbons (Fsp3) is 0.222. The first kappa shape index (κ1) is 22.8. The van der Waals surface area contributed by atoms with Crippen LogP contribution < -0.4 is 9.64 Å².